The predicted molar refractivity (Wildman–Crippen MR) is 89.8 cm³/mol. The Kier molecular flexibility index (Phi) is 4.24. The van der Waals surface area contributed by atoms with Gasteiger partial charge in [-0.25, -0.2) is 4.79 Å². The predicted octanol–water partition coefficient (Wildman–Crippen LogP) is 3.30. The zero-order valence-electron chi connectivity index (χ0n) is 12.8. The highest BCUT2D eigenvalue weighted by atomic mass is 16.5. The van der Waals surface area contributed by atoms with Crippen LogP contribution >= 0.6 is 0 Å². The molecule has 0 aliphatic carbocycles. The van der Waals surface area contributed by atoms with Gasteiger partial charge in [0.2, 0.25) is 5.43 Å². The molecule has 116 valence electrons. The summed E-state index contributed by atoms with van der Waals surface area (Å²) in [6.07, 6.45) is 2.22. The number of nitrogens with one attached hydrogen (secondary N) is 1. The highest BCUT2D eigenvalue weighted by molar-refractivity contribution is 5.93. The van der Waals surface area contributed by atoms with Gasteiger partial charge in [-0.1, -0.05) is 36.4 Å². The molecule has 1 heterocycles. The van der Waals surface area contributed by atoms with Crippen LogP contribution in [-0.2, 0) is 11.2 Å². The number of aromatic nitrogens is 1. The molecule has 0 amide bonds. The number of rotatable bonds is 4. The maximum absolute atomic E-state index is 12.4. The zero-order chi connectivity index (χ0) is 16.2. The van der Waals surface area contributed by atoms with Crippen LogP contribution in [0.3, 0.4) is 0 Å². The summed E-state index contributed by atoms with van der Waals surface area (Å²) in [5.41, 5.74) is 2.76. The lowest BCUT2D eigenvalue weighted by atomic mass is 10.0. The Hall–Kier alpha value is -2.88. The van der Waals surface area contributed by atoms with Crippen molar-refractivity contribution in [2.24, 2.45) is 0 Å². The van der Waals surface area contributed by atoms with Crippen LogP contribution in [0, 0.1) is 0 Å². The van der Waals surface area contributed by atoms with E-state index >= 15 is 0 Å². The number of benzene rings is 2. The number of pyridine rings is 1. The lowest BCUT2D eigenvalue weighted by molar-refractivity contribution is 0.0524. The SMILES string of the molecule is CCOC(=O)c1c[nH]c2cc(Cc3ccccc3)ccc2c1=O. The molecule has 0 saturated heterocycles. The van der Waals surface area contributed by atoms with E-state index in [1.807, 2.05) is 30.3 Å². The summed E-state index contributed by atoms with van der Waals surface area (Å²) in [4.78, 5) is 27.2. The number of ether oxygens (including phenoxy) is 1. The number of fused-ring (bicyclic) bond motifs is 1. The fourth-order valence-electron chi connectivity index (χ4n) is 2.57. The molecule has 1 N–H and O–H groups in total. The molecule has 0 bridgehead atoms. The first-order valence-corrected chi connectivity index (χ1v) is 7.54. The molecule has 0 aliphatic heterocycles. The van der Waals surface area contributed by atoms with E-state index in [4.69, 9.17) is 4.74 Å². The van der Waals surface area contributed by atoms with E-state index in [1.54, 1.807) is 13.0 Å². The third-order valence-electron chi connectivity index (χ3n) is 3.69. The second-order valence-electron chi connectivity index (χ2n) is 5.29. The maximum Gasteiger partial charge on any atom is 0.343 e. The number of carbonyl (C=O) groups is 1. The summed E-state index contributed by atoms with van der Waals surface area (Å²) in [6.45, 7) is 1.95. The van der Waals surface area contributed by atoms with Gasteiger partial charge < -0.3 is 9.72 Å². The van der Waals surface area contributed by atoms with Crippen molar-refractivity contribution in [2.75, 3.05) is 6.61 Å². The molecule has 23 heavy (non-hydrogen) atoms. The highest BCUT2D eigenvalue weighted by Crippen LogP contribution is 2.15. The Balaban J connectivity index is 1.97. The maximum atomic E-state index is 12.4. The second-order valence-corrected chi connectivity index (χ2v) is 5.29. The first-order chi connectivity index (χ1) is 11.2. The number of carbonyl (C=O) groups excluding carboxylic acids is 1. The molecular formula is C19H17NO3. The van der Waals surface area contributed by atoms with E-state index < -0.39 is 5.97 Å². The third-order valence-corrected chi connectivity index (χ3v) is 3.69. The topological polar surface area (TPSA) is 59.2 Å². The molecule has 0 aliphatic rings. The second kappa shape index (κ2) is 6.48. The Bertz CT molecular complexity index is 897. The first-order valence-electron chi connectivity index (χ1n) is 7.54. The third kappa shape index (κ3) is 3.16. The van der Waals surface area contributed by atoms with Crippen LogP contribution in [0.1, 0.15) is 28.4 Å². The minimum absolute atomic E-state index is 0.0372. The van der Waals surface area contributed by atoms with Gasteiger partial charge in [-0.15, -0.1) is 0 Å². The van der Waals surface area contributed by atoms with Crippen LogP contribution in [0.15, 0.2) is 59.5 Å². The Morgan fingerprint density at radius 2 is 1.87 bits per heavy atom. The Morgan fingerprint density at radius 1 is 1.09 bits per heavy atom. The Labute approximate surface area is 133 Å². The van der Waals surface area contributed by atoms with Crippen LogP contribution in [-0.4, -0.2) is 17.6 Å². The highest BCUT2D eigenvalue weighted by Gasteiger charge is 2.14. The number of aromatic amines is 1. The molecule has 0 unspecified atom stereocenters. The van der Waals surface area contributed by atoms with Gasteiger partial charge in [0.15, 0.2) is 0 Å². The van der Waals surface area contributed by atoms with Gasteiger partial charge >= 0.3 is 5.97 Å². The molecule has 0 radical (unpaired) electrons. The van der Waals surface area contributed by atoms with E-state index in [0.717, 1.165) is 17.5 Å². The van der Waals surface area contributed by atoms with Crippen LogP contribution in [0.2, 0.25) is 0 Å². The normalized spacial score (nSPS) is 10.7. The smallest absolute Gasteiger partial charge is 0.343 e. The van der Waals surface area contributed by atoms with Crippen LogP contribution in [0.4, 0.5) is 0 Å². The number of hydrogen-bond acceptors (Lipinski definition) is 3. The van der Waals surface area contributed by atoms with E-state index in [-0.39, 0.29) is 17.6 Å². The molecule has 0 fully saturated rings. The molecule has 4 heteroatoms. The fourth-order valence-corrected chi connectivity index (χ4v) is 2.57. The molecule has 3 aromatic rings. The molecule has 3 rings (SSSR count). The Morgan fingerprint density at radius 3 is 2.61 bits per heavy atom. The van der Waals surface area contributed by atoms with Gasteiger partial charge in [-0.05, 0) is 36.6 Å². The van der Waals surface area contributed by atoms with Gasteiger partial charge in [0, 0.05) is 17.1 Å². The van der Waals surface area contributed by atoms with Crippen molar-refractivity contribution >= 4 is 16.9 Å². The largest absolute Gasteiger partial charge is 0.462 e. The van der Waals surface area contributed by atoms with Crippen LogP contribution < -0.4 is 5.43 Å². The van der Waals surface area contributed by atoms with Gasteiger partial charge in [0.1, 0.15) is 5.56 Å². The van der Waals surface area contributed by atoms with Gasteiger partial charge in [-0.2, -0.15) is 0 Å². The van der Waals surface area contributed by atoms with Crippen molar-refractivity contribution in [3.8, 4) is 0 Å². The van der Waals surface area contributed by atoms with E-state index in [9.17, 15) is 9.59 Å². The van der Waals surface area contributed by atoms with Crippen molar-refractivity contribution in [3.05, 3.63) is 81.6 Å². The van der Waals surface area contributed by atoms with Crippen molar-refractivity contribution in [2.45, 2.75) is 13.3 Å². The van der Waals surface area contributed by atoms with Crippen molar-refractivity contribution < 1.29 is 9.53 Å². The minimum atomic E-state index is -0.594. The summed E-state index contributed by atoms with van der Waals surface area (Å²) >= 11 is 0. The molecule has 0 spiro atoms. The quantitative estimate of drug-likeness (QED) is 0.752. The molecular weight excluding hydrogens is 290 g/mol. The average molecular weight is 307 g/mol. The van der Waals surface area contributed by atoms with Gasteiger partial charge in [0.05, 0.1) is 6.61 Å². The van der Waals surface area contributed by atoms with Gasteiger partial charge in [0.25, 0.3) is 0 Å². The number of H-pyrrole nitrogens is 1. The van der Waals surface area contributed by atoms with Crippen molar-refractivity contribution in [3.63, 3.8) is 0 Å². The van der Waals surface area contributed by atoms with E-state index in [2.05, 4.69) is 17.1 Å². The molecule has 1 aromatic heterocycles. The first kappa shape index (κ1) is 15.0. The van der Waals surface area contributed by atoms with E-state index in [0.29, 0.717) is 5.39 Å². The molecule has 4 nitrogen and oxygen atoms in total. The molecule has 0 atom stereocenters. The van der Waals surface area contributed by atoms with Gasteiger partial charge in [-0.3, -0.25) is 4.79 Å². The van der Waals surface area contributed by atoms with E-state index in [1.165, 1.54) is 11.8 Å². The summed E-state index contributed by atoms with van der Waals surface area (Å²) < 4.78 is 4.90. The minimum Gasteiger partial charge on any atom is -0.462 e. The van der Waals surface area contributed by atoms with Crippen LogP contribution in [0.25, 0.3) is 10.9 Å². The van der Waals surface area contributed by atoms with Crippen molar-refractivity contribution in [1.82, 2.24) is 4.98 Å². The molecule has 2 aromatic carbocycles. The monoisotopic (exact) mass is 307 g/mol. The lowest BCUT2D eigenvalue weighted by Gasteiger charge is -2.06. The van der Waals surface area contributed by atoms with Crippen molar-refractivity contribution in [1.29, 1.82) is 0 Å². The zero-order valence-corrected chi connectivity index (χ0v) is 12.8. The number of hydrogen-bond donors (Lipinski definition) is 1. The molecule has 0 saturated carbocycles. The average Bonchev–Trinajstić information content (AvgIpc) is 2.56. The fraction of sp³-hybridized carbons (Fsp3) is 0.158. The summed E-state index contributed by atoms with van der Waals surface area (Å²) in [7, 11) is 0. The lowest BCUT2D eigenvalue weighted by Crippen LogP contribution is -2.18. The number of esters is 1. The summed E-state index contributed by atoms with van der Waals surface area (Å²) in [6, 6.07) is 15.7. The summed E-state index contributed by atoms with van der Waals surface area (Å²) in [5.74, 6) is -0.594. The van der Waals surface area contributed by atoms with Crippen LogP contribution in [0.5, 0.6) is 0 Å². The standard InChI is InChI=1S/C19H17NO3/c1-2-23-19(22)16-12-20-17-11-14(8-9-15(17)18(16)21)10-13-6-4-3-5-7-13/h3-9,11-12H,2,10H2,1H3,(H,20,21). The summed E-state index contributed by atoms with van der Waals surface area (Å²) in [5, 5.41) is 0.493.